The summed E-state index contributed by atoms with van der Waals surface area (Å²) >= 11 is 0. The smallest absolute Gasteiger partial charge is 0.342 e. The number of carbonyl (C=O) groups excluding carboxylic acids is 1. The number of nitrogens with zero attached hydrogens (tertiary/aromatic N) is 1. The maximum absolute atomic E-state index is 11.9. The Balaban J connectivity index is 5.56. The van der Waals surface area contributed by atoms with E-state index >= 15 is 0 Å². The van der Waals surface area contributed by atoms with Crippen LogP contribution in [0.1, 0.15) is 0 Å². The minimum absolute atomic E-state index is 0.141. The fourth-order valence-electron chi connectivity index (χ4n) is 0.629. The van der Waals surface area contributed by atoms with Crippen molar-refractivity contribution in [3.8, 4) is 0 Å². The van der Waals surface area contributed by atoms with Crippen LogP contribution in [-0.2, 0) is 9.53 Å². The quantitative estimate of drug-likeness (QED) is 0.406. The zero-order valence-corrected chi connectivity index (χ0v) is 6.53. The number of rotatable bonds is 2. The number of hydrogen-bond donors (Lipinski definition) is 0. The first kappa shape index (κ1) is 12.9. The van der Waals surface area contributed by atoms with Gasteiger partial charge in [-0.3, -0.25) is 0 Å². The van der Waals surface area contributed by atoms with Gasteiger partial charge < -0.3 is 4.74 Å². The fourth-order valence-corrected chi connectivity index (χ4v) is 0.629. The van der Waals surface area contributed by atoms with Crippen molar-refractivity contribution in [1.82, 2.24) is 0 Å². The predicted molar refractivity (Wildman–Crippen MR) is 30.0 cm³/mol. The first-order valence-electron chi connectivity index (χ1n) is 2.90. The molecule has 0 aliphatic heterocycles. The third-order valence-electron chi connectivity index (χ3n) is 1.27. The van der Waals surface area contributed by atoms with Crippen LogP contribution in [0.2, 0.25) is 0 Å². The van der Waals surface area contributed by atoms with Crippen molar-refractivity contribution in [1.29, 1.82) is 0 Å². The highest BCUT2D eigenvalue weighted by molar-refractivity contribution is 5.35. The van der Waals surface area contributed by atoms with E-state index in [-0.39, 0.29) is 13.2 Å². The summed E-state index contributed by atoms with van der Waals surface area (Å²) in [7, 11) is 0.141. The van der Waals surface area contributed by atoms with Crippen LogP contribution in [-0.4, -0.2) is 31.3 Å². The Morgan fingerprint density at radius 2 is 1.43 bits per heavy atom. The van der Waals surface area contributed by atoms with Gasteiger partial charge in [0.25, 0.3) is 0 Å². The highest BCUT2D eigenvalue weighted by Gasteiger charge is 2.73. The van der Waals surface area contributed by atoms with Crippen LogP contribution in [0.25, 0.3) is 0 Å². The molecule has 0 unspecified atom stereocenters. The van der Waals surface area contributed by atoms with E-state index in [1.54, 1.807) is 4.99 Å². The molecule has 0 aromatic heterocycles. The Morgan fingerprint density at radius 1 is 1.07 bits per heavy atom. The molecule has 14 heavy (non-hydrogen) atoms. The van der Waals surface area contributed by atoms with E-state index in [4.69, 9.17) is 0 Å². The van der Waals surface area contributed by atoms with Gasteiger partial charge in [0, 0.05) is 7.11 Å². The zero-order valence-electron chi connectivity index (χ0n) is 6.53. The Kier molecular flexibility index (Phi) is 3.31. The highest BCUT2D eigenvalue weighted by atomic mass is 19.4. The first-order valence-corrected chi connectivity index (χ1v) is 2.90. The summed E-state index contributed by atoms with van der Waals surface area (Å²) in [6, 6.07) is 0. The van der Waals surface area contributed by atoms with Gasteiger partial charge in [-0.25, -0.2) is 4.79 Å². The van der Waals surface area contributed by atoms with Gasteiger partial charge in [-0.2, -0.15) is 31.3 Å². The maximum atomic E-state index is 11.9. The number of hydrogen-bond acceptors (Lipinski definition) is 3. The molecule has 0 saturated heterocycles. The van der Waals surface area contributed by atoms with E-state index in [0.717, 1.165) is 0 Å². The van der Waals surface area contributed by atoms with Crippen LogP contribution >= 0.6 is 0 Å². The second-order valence-corrected chi connectivity index (χ2v) is 2.05. The molecule has 0 aromatic carbocycles. The minimum atomic E-state index is -5.88. The van der Waals surface area contributed by atoms with Gasteiger partial charge in [0.05, 0.1) is 0 Å². The van der Waals surface area contributed by atoms with E-state index in [2.05, 4.69) is 4.74 Å². The third-order valence-corrected chi connectivity index (χ3v) is 1.27. The van der Waals surface area contributed by atoms with Gasteiger partial charge in [-0.1, -0.05) is 0 Å². The first-order chi connectivity index (χ1) is 6.12. The summed E-state index contributed by atoms with van der Waals surface area (Å²) in [5.74, 6) is 0. The Morgan fingerprint density at radius 3 is 1.50 bits per heavy atom. The molecular weight excluding hydrogens is 220 g/mol. The molecule has 0 rings (SSSR count). The topological polar surface area (TPSA) is 38.7 Å². The lowest BCUT2D eigenvalue weighted by Crippen LogP contribution is -2.56. The van der Waals surface area contributed by atoms with Gasteiger partial charge >= 0.3 is 18.1 Å². The molecule has 0 saturated carbocycles. The lowest BCUT2D eigenvalue weighted by molar-refractivity contribution is -0.371. The number of methoxy groups -OCH3 is 1. The summed E-state index contributed by atoms with van der Waals surface area (Å²) in [5, 5.41) is 0. The monoisotopic (exact) mass is 223 g/mol. The normalized spacial score (nSPS) is 13.6. The summed E-state index contributed by atoms with van der Waals surface area (Å²) in [5.41, 5.74) is -4.83. The molecule has 3 nitrogen and oxygen atoms in total. The van der Waals surface area contributed by atoms with Crippen molar-refractivity contribution in [3.63, 3.8) is 0 Å². The van der Waals surface area contributed by atoms with Crippen LogP contribution < -0.4 is 0 Å². The van der Waals surface area contributed by atoms with E-state index in [0.29, 0.717) is 0 Å². The molecule has 0 bridgehead atoms. The largest absolute Gasteiger partial charge is 0.449 e. The average Bonchev–Trinajstić information content (AvgIpc) is 1.94. The lowest BCUT2D eigenvalue weighted by Gasteiger charge is -2.30. The lowest BCUT2D eigenvalue weighted by atomic mass is 10.2. The number of alkyl halides is 6. The molecule has 0 atom stereocenters. The summed E-state index contributed by atoms with van der Waals surface area (Å²) < 4.78 is 74.9. The predicted octanol–water partition coefficient (Wildman–Crippen LogP) is 1.79. The highest BCUT2D eigenvalue weighted by Crippen LogP contribution is 2.46. The second kappa shape index (κ2) is 3.58. The SMILES string of the molecule is COC(N=C=O)(C(F)(F)F)C(F)(F)F. The molecule has 0 radical (unpaired) electrons. The van der Waals surface area contributed by atoms with E-state index in [1.807, 2.05) is 0 Å². The average molecular weight is 223 g/mol. The van der Waals surface area contributed by atoms with Crippen LogP contribution in [0.3, 0.4) is 0 Å². The molecular formula is C5H3F6NO2. The molecule has 9 heteroatoms. The summed E-state index contributed by atoms with van der Waals surface area (Å²) in [6.07, 6.45) is -11.6. The molecule has 0 fully saturated rings. The standard InChI is InChI=1S/C5H3F6NO2/c1-14-3(12-2-13,4(6,7)8)5(9,10)11/h1H3. The van der Waals surface area contributed by atoms with Crippen LogP contribution in [0, 0.1) is 0 Å². The van der Waals surface area contributed by atoms with E-state index < -0.39 is 18.1 Å². The van der Waals surface area contributed by atoms with E-state index in [9.17, 15) is 31.1 Å². The van der Waals surface area contributed by atoms with Gasteiger partial charge in [0.1, 0.15) is 0 Å². The van der Waals surface area contributed by atoms with Crippen molar-refractivity contribution in [2.75, 3.05) is 7.11 Å². The molecule has 0 amide bonds. The molecule has 0 aliphatic rings. The number of aliphatic imine (C=N–C) groups is 1. The van der Waals surface area contributed by atoms with Gasteiger partial charge in [0.2, 0.25) is 6.08 Å². The molecule has 0 N–H and O–H groups in total. The Labute approximate surface area is 73.4 Å². The Hall–Kier alpha value is -1.08. The van der Waals surface area contributed by atoms with E-state index in [1.165, 1.54) is 0 Å². The van der Waals surface area contributed by atoms with Gasteiger partial charge in [-0.05, 0) is 0 Å². The zero-order chi connectivity index (χ0) is 11.6. The number of halogens is 6. The van der Waals surface area contributed by atoms with Crippen molar-refractivity contribution in [3.05, 3.63) is 0 Å². The Bertz CT molecular complexity index is 236. The number of ether oxygens (including phenoxy) is 1. The molecule has 0 spiro atoms. The van der Waals surface area contributed by atoms with Crippen molar-refractivity contribution in [2.45, 2.75) is 18.1 Å². The fraction of sp³-hybridized carbons (Fsp3) is 0.800. The molecule has 0 aromatic rings. The maximum Gasteiger partial charge on any atom is 0.449 e. The van der Waals surface area contributed by atoms with Crippen molar-refractivity contribution in [2.24, 2.45) is 4.99 Å². The van der Waals surface area contributed by atoms with Crippen molar-refractivity contribution < 1.29 is 35.9 Å². The van der Waals surface area contributed by atoms with Crippen molar-refractivity contribution >= 4 is 6.08 Å². The third kappa shape index (κ3) is 1.88. The van der Waals surface area contributed by atoms with Gasteiger partial charge in [-0.15, -0.1) is 0 Å². The summed E-state index contributed by atoms with van der Waals surface area (Å²) in [4.78, 5) is 11.1. The van der Waals surface area contributed by atoms with Gasteiger partial charge in [0.15, 0.2) is 0 Å². The van der Waals surface area contributed by atoms with Crippen LogP contribution in [0.15, 0.2) is 4.99 Å². The molecule has 82 valence electrons. The van der Waals surface area contributed by atoms with Crippen LogP contribution in [0.4, 0.5) is 26.3 Å². The number of isocyanates is 1. The summed E-state index contributed by atoms with van der Waals surface area (Å²) in [6.45, 7) is 0. The molecule has 0 heterocycles. The minimum Gasteiger partial charge on any atom is -0.342 e. The molecule has 0 aliphatic carbocycles. The van der Waals surface area contributed by atoms with Crippen LogP contribution in [0.5, 0.6) is 0 Å². The second-order valence-electron chi connectivity index (χ2n) is 2.05.